The summed E-state index contributed by atoms with van der Waals surface area (Å²) < 4.78 is 39.2. The summed E-state index contributed by atoms with van der Waals surface area (Å²) in [5.41, 5.74) is 0.703. The number of rotatable bonds is 4. The van der Waals surface area contributed by atoms with Gasteiger partial charge in [-0.25, -0.2) is 0 Å². The molecule has 1 aromatic carbocycles. The number of ether oxygens (including phenoxy) is 2. The predicted octanol–water partition coefficient (Wildman–Crippen LogP) is 0.927. The quantitative estimate of drug-likeness (QED) is 0.495. The summed E-state index contributed by atoms with van der Waals surface area (Å²) in [6.07, 6.45) is 0.000601. The Kier molecular flexibility index (Phi) is 8.52. The molecule has 1 amide bonds. The molecule has 2 N–H and O–H groups in total. The van der Waals surface area contributed by atoms with E-state index in [9.17, 15) is 18.3 Å². The molecule has 0 spiro atoms. The number of benzene rings is 1. The molecule has 2 atom stereocenters. The average Bonchev–Trinajstić information content (AvgIpc) is 2.61. The van der Waals surface area contributed by atoms with E-state index in [4.69, 9.17) is 13.7 Å². The summed E-state index contributed by atoms with van der Waals surface area (Å²) in [4.78, 5) is 12.5. The van der Waals surface area contributed by atoms with Gasteiger partial charge in [0.15, 0.2) is 5.79 Å². The topological polar surface area (TPSA) is 111 Å². The molecule has 1 saturated heterocycles. The van der Waals surface area contributed by atoms with Crippen LogP contribution < -0.4 is 5.32 Å². The molecule has 0 bridgehead atoms. The maximum absolute atomic E-state index is 12.5. The number of hydrogen-bond donors (Lipinski definition) is 2. The average molecular weight is 600 g/mol. The third-order valence-corrected chi connectivity index (χ3v) is 4.42. The van der Waals surface area contributed by atoms with Crippen molar-refractivity contribution in [1.29, 1.82) is 0 Å². The van der Waals surface area contributed by atoms with E-state index in [-0.39, 0.29) is 68.6 Å². The van der Waals surface area contributed by atoms with Gasteiger partial charge >= 0.3 is 0 Å². The van der Waals surface area contributed by atoms with E-state index >= 15 is 0 Å². The van der Waals surface area contributed by atoms with Crippen molar-refractivity contribution in [2.24, 2.45) is 0 Å². The van der Waals surface area contributed by atoms with Crippen LogP contribution in [0.15, 0.2) is 18.2 Å². The molecule has 1 aromatic rings. The summed E-state index contributed by atoms with van der Waals surface area (Å²) in [5.74, 6) is -1.40. The molecule has 10 heteroatoms. The van der Waals surface area contributed by atoms with Crippen LogP contribution in [0.1, 0.15) is 29.8 Å². The first kappa shape index (κ1) is 23.8. The molecule has 0 aromatic heterocycles. The van der Waals surface area contributed by atoms with Crippen molar-refractivity contribution in [3.63, 3.8) is 0 Å². The minimum absolute atomic E-state index is 0. The zero-order valence-electron chi connectivity index (χ0n) is 15.2. The fourth-order valence-corrected chi connectivity index (χ4v) is 3.05. The molecule has 1 fully saturated rings. The molecule has 26 heavy (non-hydrogen) atoms. The van der Waals surface area contributed by atoms with Crippen molar-refractivity contribution in [3.8, 4) is 5.75 Å². The summed E-state index contributed by atoms with van der Waals surface area (Å²) in [6.45, 7) is 4.94. The van der Waals surface area contributed by atoms with Crippen LogP contribution in [0.25, 0.3) is 0 Å². The van der Waals surface area contributed by atoms with E-state index in [2.05, 4.69) is 5.32 Å². The summed E-state index contributed by atoms with van der Waals surface area (Å²) in [7, 11) is -3.75. The van der Waals surface area contributed by atoms with E-state index in [0.29, 0.717) is 5.56 Å². The van der Waals surface area contributed by atoms with Gasteiger partial charge in [-0.05, 0) is 32.9 Å². The van der Waals surface area contributed by atoms with Crippen molar-refractivity contribution in [2.45, 2.75) is 38.7 Å². The maximum Gasteiger partial charge on any atom is 0.264 e. The van der Waals surface area contributed by atoms with Crippen LogP contribution >= 0.6 is 0 Å². The minimum Gasteiger partial charge on any atom is -0.508 e. The van der Waals surface area contributed by atoms with Gasteiger partial charge in [-0.3, -0.25) is 8.98 Å². The Labute approximate surface area is 189 Å². The molecule has 1 aliphatic rings. The van der Waals surface area contributed by atoms with E-state index in [0.717, 1.165) is 6.26 Å². The van der Waals surface area contributed by atoms with E-state index in [1.165, 1.54) is 6.07 Å². The zero-order valence-corrected chi connectivity index (χ0v) is 20.7. The summed E-state index contributed by atoms with van der Waals surface area (Å²) in [5, 5.41) is 12.5. The van der Waals surface area contributed by atoms with Gasteiger partial charge < -0.3 is 19.9 Å². The number of carbonyl (C=O) groups is 1. The zero-order chi connectivity index (χ0) is 18.8. The van der Waals surface area contributed by atoms with Crippen LogP contribution in [-0.4, -0.2) is 56.8 Å². The SMILES string of the molecule is Cc1c(O)cccc1C(=O)N[C@H]1COC(C)(C)OC[C@@H]1OS(C)(=O)=O.[Ac]. The molecular weight excluding hydrogens is 577 g/mol. The van der Waals surface area contributed by atoms with Crippen LogP contribution in [-0.2, 0) is 23.8 Å². The van der Waals surface area contributed by atoms with Gasteiger partial charge in [-0.15, -0.1) is 0 Å². The van der Waals surface area contributed by atoms with Crippen molar-refractivity contribution in [3.05, 3.63) is 29.3 Å². The summed E-state index contributed by atoms with van der Waals surface area (Å²) in [6, 6.07) is 3.85. The fourth-order valence-electron chi connectivity index (χ4n) is 2.41. The smallest absolute Gasteiger partial charge is 0.264 e. The second-order valence-electron chi connectivity index (χ2n) is 6.39. The van der Waals surface area contributed by atoms with Gasteiger partial charge in [0, 0.05) is 55.2 Å². The number of hydrogen-bond acceptors (Lipinski definition) is 7. The Morgan fingerprint density at radius 3 is 2.54 bits per heavy atom. The molecule has 1 radical (unpaired) electrons. The molecule has 2 rings (SSSR count). The Morgan fingerprint density at radius 2 is 1.92 bits per heavy atom. The summed E-state index contributed by atoms with van der Waals surface area (Å²) >= 11 is 0. The van der Waals surface area contributed by atoms with Crippen LogP contribution in [0.5, 0.6) is 5.75 Å². The molecule has 8 nitrogen and oxygen atoms in total. The normalized spacial score (nSPS) is 22.8. The van der Waals surface area contributed by atoms with E-state index in [1.807, 2.05) is 0 Å². The van der Waals surface area contributed by atoms with Crippen molar-refractivity contribution in [1.82, 2.24) is 5.32 Å². The first-order valence-corrected chi connectivity index (χ1v) is 9.56. The van der Waals surface area contributed by atoms with Crippen molar-refractivity contribution in [2.75, 3.05) is 19.5 Å². The monoisotopic (exact) mass is 600 g/mol. The number of carbonyl (C=O) groups excluding carboxylic acids is 1. The Morgan fingerprint density at radius 1 is 1.31 bits per heavy atom. The molecule has 0 saturated carbocycles. The van der Waals surface area contributed by atoms with Gasteiger partial charge in [0.2, 0.25) is 0 Å². The van der Waals surface area contributed by atoms with E-state index in [1.54, 1.807) is 32.9 Å². The first-order chi connectivity index (χ1) is 11.5. The van der Waals surface area contributed by atoms with Crippen molar-refractivity contribution >= 4 is 16.0 Å². The second kappa shape index (κ2) is 9.31. The number of amides is 1. The number of nitrogens with one attached hydrogen (secondary N) is 1. The largest absolute Gasteiger partial charge is 0.508 e. The predicted molar refractivity (Wildman–Crippen MR) is 89.8 cm³/mol. The van der Waals surface area contributed by atoms with Gasteiger partial charge in [0.05, 0.1) is 25.5 Å². The number of phenolic OH excluding ortho intramolecular Hbond substituents is 1. The molecule has 143 valence electrons. The molecule has 1 aliphatic heterocycles. The number of phenols is 1. The first-order valence-electron chi connectivity index (χ1n) is 7.74. The molecule has 0 unspecified atom stereocenters. The Bertz CT molecular complexity index is 751. The van der Waals surface area contributed by atoms with Gasteiger partial charge in [0.25, 0.3) is 16.0 Å². The van der Waals surface area contributed by atoms with Crippen LogP contribution in [0.2, 0.25) is 0 Å². The third kappa shape index (κ3) is 6.73. The fraction of sp³-hybridized carbons (Fsp3) is 0.562. The second-order valence-corrected chi connectivity index (χ2v) is 7.99. The molecule has 0 aliphatic carbocycles. The number of aromatic hydroxyl groups is 1. The Balaban J connectivity index is 0.00000338. The maximum atomic E-state index is 12.5. The van der Waals surface area contributed by atoms with Gasteiger partial charge in [-0.1, -0.05) is 6.07 Å². The molecular formula is C16H23AcNO7S. The molecule has 1 heterocycles. The van der Waals surface area contributed by atoms with Crippen LogP contribution in [0.4, 0.5) is 0 Å². The third-order valence-electron chi connectivity index (χ3n) is 3.82. The van der Waals surface area contributed by atoms with Crippen molar-refractivity contribution < 1.29 is 76.0 Å². The van der Waals surface area contributed by atoms with Gasteiger partial charge in [-0.2, -0.15) is 8.42 Å². The van der Waals surface area contributed by atoms with E-state index < -0.39 is 34.0 Å². The van der Waals surface area contributed by atoms with Crippen LogP contribution in [0.3, 0.4) is 0 Å². The van der Waals surface area contributed by atoms with Crippen LogP contribution in [0, 0.1) is 51.0 Å². The van der Waals surface area contributed by atoms with Gasteiger partial charge in [0.1, 0.15) is 11.9 Å². The Hall–Kier alpha value is -0.238. The minimum atomic E-state index is -3.75. The standard InChI is InChI=1S/C16H23NO7S.Ac/c1-10-11(6-5-7-13(10)18)15(19)17-12-8-22-16(2,3)23-9-14(12)24-25(4,20)21;/h5-7,12,14,18H,8-9H2,1-4H3,(H,17,19);/t12-,14-;/m0./s1.